The highest BCUT2D eigenvalue weighted by molar-refractivity contribution is 5.92. The van der Waals surface area contributed by atoms with E-state index in [2.05, 4.69) is 20.8 Å². The Kier molecular flexibility index (Phi) is 8.14. The smallest absolute Gasteiger partial charge is 0.270 e. The van der Waals surface area contributed by atoms with E-state index in [0.29, 0.717) is 17.0 Å². The van der Waals surface area contributed by atoms with E-state index in [-0.39, 0.29) is 74.3 Å². The Morgan fingerprint density at radius 1 is 1.07 bits per heavy atom. The summed E-state index contributed by atoms with van der Waals surface area (Å²) < 4.78 is 43.8. The van der Waals surface area contributed by atoms with E-state index in [0.717, 1.165) is 18.4 Å². The molecule has 40 heavy (non-hydrogen) atoms. The molecule has 0 saturated heterocycles. The molecule has 0 spiro atoms. The summed E-state index contributed by atoms with van der Waals surface area (Å²) in [6, 6.07) is 2.63. The van der Waals surface area contributed by atoms with E-state index >= 15 is 0 Å². The van der Waals surface area contributed by atoms with E-state index in [4.69, 9.17) is 4.98 Å². The van der Waals surface area contributed by atoms with Gasteiger partial charge in [0.05, 0.1) is 36.8 Å². The first-order chi connectivity index (χ1) is 19.1. The lowest BCUT2D eigenvalue weighted by Gasteiger charge is -2.33. The average Bonchev–Trinajstić information content (AvgIpc) is 3.47. The number of hydrogen-bond donors (Lipinski definition) is 2. The average molecular weight is 560 g/mol. The highest BCUT2D eigenvalue weighted by Gasteiger charge is 2.40. The van der Waals surface area contributed by atoms with Crippen molar-refractivity contribution < 1.29 is 22.8 Å². The number of halogens is 3. The molecule has 12 heteroatoms. The third-order valence-corrected chi connectivity index (χ3v) is 7.90. The topological polar surface area (TPSA) is 106 Å². The first kappa shape index (κ1) is 28.1. The number of amides is 2. The van der Waals surface area contributed by atoms with Crippen molar-refractivity contribution in [3.63, 3.8) is 0 Å². The second kappa shape index (κ2) is 11.6. The van der Waals surface area contributed by atoms with Crippen molar-refractivity contribution >= 4 is 17.5 Å². The molecule has 0 radical (unpaired) electrons. The van der Waals surface area contributed by atoms with Gasteiger partial charge in [0.2, 0.25) is 11.8 Å². The van der Waals surface area contributed by atoms with Gasteiger partial charge in [-0.1, -0.05) is 0 Å². The molecule has 2 aliphatic rings. The summed E-state index contributed by atoms with van der Waals surface area (Å²) in [5.74, 6) is -3.18. The van der Waals surface area contributed by atoms with E-state index in [9.17, 15) is 22.8 Å². The minimum Gasteiger partial charge on any atom is -0.349 e. The molecule has 2 amide bonds. The van der Waals surface area contributed by atoms with Crippen LogP contribution in [0, 0.1) is 11.8 Å². The fourth-order valence-electron chi connectivity index (χ4n) is 5.56. The lowest BCUT2D eigenvalue weighted by Crippen LogP contribution is -2.38. The minimum absolute atomic E-state index is 0.0303. The first-order valence-electron chi connectivity index (χ1n) is 14.1. The number of fused-ring (bicyclic) bond motifs is 1. The van der Waals surface area contributed by atoms with E-state index in [1.807, 2.05) is 19.9 Å². The Morgan fingerprint density at radius 2 is 1.80 bits per heavy atom. The maximum atomic E-state index is 14.0. The summed E-state index contributed by atoms with van der Waals surface area (Å²) in [7, 11) is 0. The Labute approximate surface area is 230 Å². The molecule has 0 bridgehead atoms. The van der Waals surface area contributed by atoms with Crippen LogP contribution in [0.1, 0.15) is 105 Å². The molecule has 2 saturated carbocycles. The van der Waals surface area contributed by atoms with Gasteiger partial charge in [-0.3, -0.25) is 18.7 Å². The van der Waals surface area contributed by atoms with Gasteiger partial charge in [0.25, 0.3) is 5.91 Å². The predicted octanol–water partition coefficient (Wildman–Crippen LogP) is 5.12. The summed E-state index contributed by atoms with van der Waals surface area (Å²) in [5, 5.41) is 14.8. The van der Waals surface area contributed by atoms with Crippen molar-refractivity contribution in [3.05, 3.63) is 47.7 Å². The summed E-state index contributed by atoms with van der Waals surface area (Å²) in [6.07, 6.45) is 7.26. The van der Waals surface area contributed by atoms with Gasteiger partial charge >= 0.3 is 0 Å². The fraction of sp³-hybridized carbons (Fsp3) is 0.607. The van der Waals surface area contributed by atoms with Crippen molar-refractivity contribution in [1.29, 1.82) is 0 Å². The van der Waals surface area contributed by atoms with E-state index in [1.54, 1.807) is 33.9 Å². The maximum Gasteiger partial charge on any atom is 0.270 e. The number of rotatable bonds is 11. The molecule has 3 heterocycles. The van der Waals surface area contributed by atoms with Crippen LogP contribution < -0.4 is 10.6 Å². The summed E-state index contributed by atoms with van der Waals surface area (Å²) in [6.45, 7) is 3.31. The van der Waals surface area contributed by atoms with Gasteiger partial charge in [-0.2, -0.15) is 10.2 Å². The second-order valence-corrected chi connectivity index (χ2v) is 11.3. The molecule has 2 fully saturated rings. The van der Waals surface area contributed by atoms with Crippen LogP contribution in [0.5, 0.6) is 0 Å². The van der Waals surface area contributed by atoms with Crippen LogP contribution in [0.2, 0.25) is 0 Å². The number of nitrogens with one attached hydrogen (secondary N) is 2. The molecule has 0 unspecified atom stereocenters. The molecule has 2 atom stereocenters. The molecular formula is C28H36F3N7O2. The van der Waals surface area contributed by atoms with Gasteiger partial charge < -0.3 is 10.6 Å². The standard InChI is InChI=1S/C28H36F3N7O2/c1-17(2)38-22(9-13-32-38)27(40)36-26(19-7-10-28(30,31)11-8-19)21-16-37-23(34-21)14-20(15-33-37)25(18-5-6-18)35-24(39)4-3-12-29/h9,13-19,25-26H,3-8,10-12H2,1-2H3,(H,35,39)(H,36,40)/t25-,26+/m1/s1. The largest absolute Gasteiger partial charge is 0.349 e. The second-order valence-electron chi connectivity index (χ2n) is 11.3. The third-order valence-electron chi connectivity index (χ3n) is 7.90. The van der Waals surface area contributed by atoms with Crippen LogP contribution >= 0.6 is 0 Å². The molecular weight excluding hydrogens is 523 g/mol. The monoisotopic (exact) mass is 559 g/mol. The highest BCUT2D eigenvalue weighted by Crippen LogP contribution is 2.42. The summed E-state index contributed by atoms with van der Waals surface area (Å²) in [5.41, 5.74) is 2.27. The van der Waals surface area contributed by atoms with Gasteiger partial charge in [0.15, 0.2) is 5.65 Å². The van der Waals surface area contributed by atoms with Gasteiger partial charge in [-0.15, -0.1) is 0 Å². The number of nitrogens with zero attached hydrogens (tertiary/aromatic N) is 5. The Morgan fingerprint density at radius 3 is 2.48 bits per heavy atom. The number of aromatic nitrogens is 5. The van der Waals surface area contributed by atoms with Crippen molar-refractivity contribution in [2.75, 3.05) is 6.67 Å². The third kappa shape index (κ3) is 6.31. The molecule has 3 aromatic rings. The van der Waals surface area contributed by atoms with Crippen LogP contribution in [-0.2, 0) is 4.79 Å². The molecule has 9 nitrogen and oxygen atoms in total. The van der Waals surface area contributed by atoms with Gasteiger partial charge in [-0.05, 0) is 75.5 Å². The maximum absolute atomic E-state index is 14.0. The Hall–Kier alpha value is -3.44. The van der Waals surface area contributed by atoms with Gasteiger partial charge in [0.1, 0.15) is 5.69 Å². The molecule has 0 aromatic carbocycles. The Bertz CT molecular complexity index is 1340. The quantitative estimate of drug-likeness (QED) is 0.339. The summed E-state index contributed by atoms with van der Waals surface area (Å²) >= 11 is 0. The van der Waals surface area contributed by atoms with Crippen molar-refractivity contribution in [1.82, 2.24) is 35.0 Å². The first-order valence-corrected chi connectivity index (χ1v) is 14.1. The van der Waals surface area contributed by atoms with Crippen LogP contribution in [0.4, 0.5) is 13.2 Å². The van der Waals surface area contributed by atoms with E-state index in [1.165, 1.54) is 0 Å². The van der Waals surface area contributed by atoms with Crippen molar-refractivity contribution in [3.8, 4) is 0 Å². The zero-order chi connectivity index (χ0) is 28.4. The fourth-order valence-corrected chi connectivity index (χ4v) is 5.56. The lowest BCUT2D eigenvalue weighted by molar-refractivity contribution is -0.122. The molecule has 2 aliphatic carbocycles. The SMILES string of the molecule is CC(C)n1nccc1C(=O)N[C@H](c1cn2ncc([C@H](NC(=O)CCCF)C3CC3)cc2n1)C1CCC(F)(F)CC1. The van der Waals surface area contributed by atoms with Crippen molar-refractivity contribution in [2.24, 2.45) is 11.8 Å². The molecule has 0 aliphatic heterocycles. The summed E-state index contributed by atoms with van der Waals surface area (Å²) in [4.78, 5) is 30.5. The number of carbonyl (C=O) groups excluding carboxylic acids is 2. The minimum atomic E-state index is -2.71. The van der Waals surface area contributed by atoms with Crippen molar-refractivity contribution in [2.45, 2.75) is 89.3 Å². The van der Waals surface area contributed by atoms with Crippen LogP contribution in [0.15, 0.2) is 30.7 Å². The van der Waals surface area contributed by atoms with E-state index < -0.39 is 18.6 Å². The zero-order valence-electron chi connectivity index (χ0n) is 22.8. The van der Waals surface area contributed by atoms with Gasteiger partial charge in [-0.25, -0.2) is 18.3 Å². The van der Waals surface area contributed by atoms with Crippen LogP contribution in [0.3, 0.4) is 0 Å². The predicted molar refractivity (Wildman–Crippen MR) is 142 cm³/mol. The molecule has 2 N–H and O–H groups in total. The molecule has 5 rings (SSSR count). The lowest BCUT2D eigenvalue weighted by atomic mass is 9.81. The number of carbonyl (C=O) groups is 2. The number of hydrogen-bond acceptors (Lipinski definition) is 5. The molecule has 3 aromatic heterocycles. The molecule has 216 valence electrons. The Balaban J connectivity index is 1.42. The number of alkyl halides is 3. The number of imidazole rings is 1. The highest BCUT2D eigenvalue weighted by atomic mass is 19.3. The van der Waals surface area contributed by atoms with Crippen LogP contribution in [0.25, 0.3) is 5.65 Å². The van der Waals surface area contributed by atoms with Crippen LogP contribution in [-0.4, -0.2) is 48.8 Å². The normalized spacial score (nSPS) is 19.1. The van der Waals surface area contributed by atoms with Gasteiger partial charge in [0, 0.05) is 31.5 Å². The zero-order valence-corrected chi connectivity index (χ0v) is 22.8.